The number of thioether (sulfide) groups is 1. The van der Waals surface area contributed by atoms with Gasteiger partial charge in [0.05, 0.1) is 0 Å². The second kappa shape index (κ2) is 9.75. The summed E-state index contributed by atoms with van der Waals surface area (Å²) in [5.41, 5.74) is 4.58. The van der Waals surface area contributed by atoms with Crippen molar-refractivity contribution in [2.45, 2.75) is 17.1 Å². The molecule has 1 aliphatic rings. The van der Waals surface area contributed by atoms with Crippen LogP contribution < -0.4 is 14.8 Å². The van der Waals surface area contributed by atoms with Gasteiger partial charge in [0.15, 0.2) is 11.9 Å². The van der Waals surface area contributed by atoms with E-state index in [1.165, 1.54) is 17.3 Å². The van der Waals surface area contributed by atoms with Gasteiger partial charge in [0, 0.05) is 22.6 Å². The first-order valence-corrected chi connectivity index (χ1v) is 11.6. The minimum Gasteiger partial charge on any atom is -0.490 e. The molecule has 0 fully saturated rings. The quantitative estimate of drug-likeness (QED) is 0.275. The Balaban J connectivity index is 1.44. The van der Waals surface area contributed by atoms with E-state index < -0.39 is 6.23 Å². The fourth-order valence-corrected chi connectivity index (χ4v) is 4.21. The average molecular weight is 455 g/mol. The summed E-state index contributed by atoms with van der Waals surface area (Å²) in [6.45, 7) is 4.15. The molecular weight excluding hydrogens is 432 g/mol. The van der Waals surface area contributed by atoms with Gasteiger partial charge in [0.1, 0.15) is 12.4 Å². The van der Waals surface area contributed by atoms with Crippen molar-refractivity contribution >= 4 is 17.4 Å². The first kappa shape index (κ1) is 21.0. The predicted molar refractivity (Wildman–Crippen MR) is 130 cm³/mol. The van der Waals surface area contributed by atoms with Gasteiger partial charge < -0.3 is 14.8 Å². The molecule has 3 aromatic carbocycles. The first-order chi connectivity index (χ1) is 16.3. The fraction of sp³-hybridized carbons (Fsp3) is 0.115. The number of nitrogens with zero attached hydrogens (tertiary/aromatic N) is 3. The molecule has 164 valence electrons. The highest BCUT2D eigenvalue weighted by atomic mass is 32.2. The van der Waals surface area contributed by atoms with Crippen LogP contribution in [-0.4, -0.2) is 21.8 Å². The van der Waals surface area contributed by atoms with Crippen molar-refractivity contribution in [2.24, 2.45) is 0 Å². The number of benzene rings is 3. The zero-order valence-corrected chi connectivity index (χ0v) is 18.7. The molecule has 0 spiro atoms. The maximum atomic E-state index is 6.34. The van der Waals surface area contributed by atoms with E-state index in [-0.39, 0.29) is 0 Å². The van der Waals surface area contributed by atoms with E-state index in [9.17, 15) is 0 Å². The van der Waals surface area contributed by atoms with Gasteiger partial charge in [-0.1, -0.05) is 72.9 Å². The lowest BCUT2D eigenvalue weighted by molar-refractivity contribution is 0.225. The number of nitrogens with one attached hydrogen (secondary N) is 1. The molecule has 0 bridgehead atoms. The van der Waals surface area contributed by atoms with Crippen LogP contribution in [-0.2, 0) is 5.75 Å². The fourth-order valence-electron chi connectivity index (χ4n) is 3.48. The minimum atomic E-state index is -0.440. The van der Waals surface area contributed by atoms with Crippen molar-refractivity contribution in [3.63, 3.8) is 0 Å². The summed E-state index contributed by atoms with van der Waals surface area (Å²) < 4.78 is 11.9. The Hall–Kier alpha value is -3.84. The van der Waals surface area contributed by atoms with Gasteiger partial charge in [-0.2, -0.15) is 4.98 Å². The minimum absolute atomic E-state index is 0.440. The lowest BCUT2D eigenvalue weighted by Crippen LogP contribution is -2.17. The number of hydrogen-bond acceptors (Lipinski definition) is 7. The zero-order valence-electron chi connectivity index (χ0n) is 17.8. The topological polar surface area (TPSA) is 69.2 Å². The number of fused-ring (bicyclic) bond motifs is 3. The van der Waals surface area contributed by atoms with Crippen LogP contribution in [0.25, 0.3) is 11.3 Å². The van der Waals surface area contributed by atoms with Crippen molar-refractivity contribution < 1.29 is 9.47 Å². The second-order valence-electron chi connectivity index (χ2n) is 7.38. The summed E-state index contributed by atoms with van der Waals surface area (Å²) in [6, 6.07) is 25.9. The van der Waals surface area contributed by atoms with Gasteiger partial charge in [-0.15, -0.1) is 10.2 Å². The third kappa shape index (κ3) is 4.83. The Kier molecular flexibility index (Phi) is 6.21. The van der Waals surface area contributed by atoms with Crippen LogP contribution in [0.15, 0.2) is 96.7 Å². The lowest BCUT2D eigenvalue weighted by Gasteiger charge is -2.19. The smallest absolute Gasteiger partial charge is 0.247 e. The monoisotopic (exact) mass is 454 g/mol. The third-order valence-corrected chi connectivity index (χ3v) is 6.00. The van der Waals surface area contributed by atoms with E-state index in [0.717, 1.165) is 28.3 Å². The molecule has 1 N–H and O–H groups in total. The summed E-state index contributed by atoms with van der Waals surface area (Å²) in [5, 5.41) is 12.9. The molecule has 0 aliphatic carbocycles. The predicted octanol–water partition coefficient (Wildman–Crippen LogP) is 5.90. The Labute approximate surface area is 196 Å². The molecule has 2 heterocycles. The molecule has 0 saturated carbocycles. The van der Waals surface area contributed by atoms with Crippen LogP contribution in [0, 0.1) is 0 Å². The number of ether oxygens (including phenoxy) is 2. The standard InChI is InChI=1S/C26H22N4O2S/c1-2-16-31-20-14-12-19(13-15-20)24-27-22-11-7-6-10-21(22)23-25(32-24)28-26(30-29-23)33-17-18-8-4-3-5-9-18/h2-15,24,27H,1,16-17H2/t24-/m1/s1. The number of hydrogen-bond donors (Lipinski definition) is 1. The van der Waals surface area contributed by atoms with Gasteiger partial charge in [0.25, 0.3) is 0 Å². The van der Waals surface area contributed by atoms with Crippen LogP contribution in [0.3, 0.4) is 0 Å². The van der Waals surface area contributed by atoms with Gasteiger partial charge >= 0.3 is 0 Å². The Morgan fingerprint density at radius 1 is 0.970 bits per heavy atom. The highest BCUT2D eigenvalue weighted by Gasteiger charge is 2.26. The normalized spacial score (nSPS) is 14.1. The lowest BCUT2D eigenvalue weighted by atomic mass is 10.1. The summed E-state index contributed by atoms with van der Waals surface area (Å²) >= 11 is 1.53. The van der Waals surface area contributed by atoms with E-state index in [1.54, 1.807) is 6.08 Å². The maximum absolute atomic E-state index is 6.34. The van der Waals surface area contributed by atoms with Crippen molar-refractivity contribution in [3.8, 4) is 22.9 Å². The van der Waals surface area contributed by atoms with Crippen LogP contribution in [0.2, 0.25) is 0 Å². The van der Waals surface area contributed by atoms with Gasteiger partial charge in [0.2, 0.25) is 11.0 Å². The SMILES string of the molecule is C=CCOc1ccc([C@@H]2Nc3ccccc3-c3nnc(SCc4ccccc4)nc3O2)cc1. The molecule has 1 atom stereocenters. The molecule has 6 nitrogen and oxygen atoms in total. The van der Waals surface area contributed by atoms with E-state index in [2.05, 4.69) is 34.2 Å². The second-order valence-corrected chi connectivity index (χ2v) is 8.32. The average Bonchev–Trinajstić information content (AvgIpc) is 3.04. The van der Waals surface area contributed by atoms with Crippen LogP contribution >= 0.6 is 11.8 Å². The first-order valence-electron chi connectivity index (χ1n) is 10.6. The molecule has 33 heavy (non-hydrogen) atoms. The highest BCUT2D eigenvalue weighted by Crippen LogP contribution is 2.39. The Bertz CT molecular complexity index is 1250. The summed E-state index contributed by atoms with van der Waals surface area (Å²) in [7, 11) is 0. The number of anilines is 1. The molecule has 7 heteroatoms. The molecule has 5 rings (SSSR count). The zero-order chi connectivity index (χ0) is 22.5. The van der Waals surface area contributed by atoms with Gasteiger partial charge in [-0.3, -0.25) is 0 Å². The van der Waals surface area contributed by atoms with E-state index >= 15 is 0 Å². The molecule has 1 aliphatic heterocycles. The summed E-state index contributed by atoms with van der Waals surface area (Å²) in [4.78, 5) is 4.71. The van der Waals surface area contributed by atoms with E-state index in [0.29, 0.717) is 23.3 Å². The molecule has 0 radical (unpaired) electrons. The molecular formula is C26H22N4O2S. The molecule has 4 aromatic rings. The van der Waals surface area contributed by atoms with Crippen LogP contribution in [0.5, 0.6) is 11.6 Å². The molecule has 1 aromatic heterocycles. The van der Waals surface area contributed by atoms with E-state index in [4.69, 9.17) is 14.5 Å². The van der Waals surface area contributed by atoms with Crippen molar-refractivity contribution in [3.05, 3.63) is 103 Å². The molecule has 0 saturated heterocycles. The number of para-hydroxylation sites is 1. The van der Waals surface area contributed by atoms with Gasteiger partial charge in [-0.25, -0.2) is 0 Å². The largest absolute Gasteiger partial charge is 0.490 e. The van der Waals surface area contributed by atoms with Crippen LogP contribution in [0.1, 0.15) is 17.4 Å². The summed E-state index contributed by atoms with van der Waals surface area (Å²) in [5.74, 6) is 1.98. The van der Waals surface area contributed by atoms with Crippen molar-refractivity contribution in [1.82, 2.24) is 15.2 Å². The summed E-state index contributed by atoms with van der Waals surface area (Å²) in [6.07, 6.45) is 1.28. The number of aromatic nitrogens is 3. The number of rotatable bonds is 7. The Morgan fingerprint density at radius 2 is 1.76 bits per heavy atom. The molecule has 0 unspecified atom stereocenters. The van der Waals surface area contributed by atoms with Gasteiger partial charge in [-0.05, 0) is 35.9 Å². The highest BCUT2D eigenvalue weighted by molar-refractivity contribution is 7.98. The van der Waals surface area contributed by atoms with Crippen molar-refractivity contribution in [1.29, 1.82) is 0 Å². The molecule has 0 amide bonds. The maximum Gasteiger partial charge on any atom is 0.247 e. The van der Waals surface area contributed by atoms with Crippen molar-refractivity contribution in [2.75, 3.05) is 11.9 Å². The van der Waals surface area contributed by atoms with E-state index in [1.807, 2.05) is 66.7 Å². The third-order valence-electron chi connectivity index (χ3n) is 5.10. The Morgan fingerprint density at radius 3 is 2.58 bits per heavy atom. The van der Waals surface area contributed by atoms with Crippen LogP contribution in [0.4, 0.5) is 5.69 Å².